The molecule has 2 heterocycles. The van der Waals surface area contributed by atoms with E-state index < -0.39 is 0 Å². The van der Waals surface area contributed by atoms with Crippen molar-refractivity contribution in [2.24, 2.45) is 0 Å². The number of aromatic nitrogens is 2. The van der Waals surface area contributed by atoms with Gasteiger partial charge < -0.3 is 19.3 Å². The Morgan fingerprint density at radius 3 is 2.43 bits per heavy atom. The third-order valence-corrected chi connectivity index (χ3v) is 4.15. The number of hydrogen-bond donors (Lipinski definition) is 0. The standard InChI is InChI=1S/C16H20N4O3/c1-11(21)19-6-8-20(9-7-19)16-12-4-5-13(22-2)15(23-3)14(12)17-10-18-16/h4-5,10H,6-9H2,1-3H3. The molecule has 0 spiro atoms. The summed E-state index contributed by atoms with van der Waals surface area (Å²) in [6.45, 7) is 4.51. The first-order valence-corrected chi connectivity index (χ1v) is 7.52. The van der Waals surface area contributed by atoms with E-state index in [1.807, 2.05) is 17.0 Å². The highest BCUT2D eigenvalue weighted by atomic mass is 16.5. The molecule has 23 heavy (non-hydrogen) atoms. The molecule has 1 amide bonds. The minimum absolute atomic E-state index is 0.114. The molecule has 0 N–H and O–H groups in total. The molecule has 3 rings (SSSR count). The zero-order valence-electron chi connectivity index (χ0n) is 13.6. The lowest BCUT2D eigenvalue weighted by atomic mass is 10.2. The first kappa shape index (κ1) is 15.3. The number of amides is 1. The maximum atomic E-state index is 11.5. The molecule has 0 unspecified atom stereocenters. The number of ether oxygens (including phenoxy) is 2. The third-order valence-electron chi connectivity index (χ3n) is 4.15. The molecule has 1 aromatic heterocycles. The number of fused-ring (bicyclic) bond motifs is 1. The molecule has 122 valence electrons. The topological polar surface area (TPSA) is 67.8 Å². The van der Waals surface area contributed by atoms with Crippen LogP contribution in [0.5, 0.6) is 11.5 Å². The Morgan fingerprint density at radius 2 is 1.83 bits per heavy atom. The molecule has 7 heteroatoms. The number of hydrogen-bond acceptors (Lipinski definition) is 6. The summed E-state index contributed by atoms with van der Waals surface area (Å²) < 4.78 is 10.8. The summed E-state index contributed by atoms with van der Waals surface area (Å²) in [6.07, 6.45) is 1.54. The summed E-state index contributed by atoms with van der Waals surface area (Å²) in [5, 5.41) is 0.918. The largest absolute Gasteiger partial charge is 0.493 e. The zero-order chi connectivity index (χ0) is 16.4. The van der Waals surface area contributed by atoms with Gasteiger partial charge in [0.25, 0.3) is 0 Å². The van der Waals surface area contributed by atoms with Gasteiger partial charge in [-0.15, -0.1) is 0 Å². The van der Waals surface area contributed by atoms with Crippen LogP contribution in [0.1, 0.15) is 6.92 Å². The van der Waals surface area contributed by atoms with E-state index in [1.165, 1.54) is 6.33 Å². The van der Waals surface area contributed by atoms with E-state index in [0.29, 0.717) is 24.6 Å². The van der Waals surface area contributed by atoms with Gasteiger partial charge in [0, 0.05) is 38.5 Å². The monoisotopic (exact) mass is 316 g/mol. The highest BCUT2D eigenvalue weighted by molar-refractivity contribution is 5.95. The van der Waals surface area contributed by atoms with Crippen molar-refractivity contribution in [2.45, 2.75) is 6.92 Å². The first-order chi connectivity index (χ1) is 11.2. The van der Waals surface area contributed by atoms with Crippen molar-refractivity contribution in [3.63, 3.8) is 0 Å². The fourth-order valence-electron chi connectivity index (χ4n) is 2.92. The van der Waals surface area contributed by atoms with Crippen LogP contribution in [0.25, 0.3) is 10.9 Å². The van der Waals surface area contributed by atoms with Crippen LogP contribution in [0, 0.1) is 0 Å². The molecule has 0 bridgehead atoms. The van der Waals surface area contributed by atoms with Crippen molar-refractivity contribution in [2.75, 3.05) is 45.3 Å². The Bertz CT molecular complexity index is 727. The number of rotatable bonds is 3. The van der Waals surface area contributed by atoms with Gasteiger partial charge >= 0.3 is 0 Å². The summed E-state index contributed by atoms with van der Waals surface area (Å²) in [7, 11) is 3.21. The molecular weight excluding hydrogens is 296 g/mol. The number of methoxy groups -OCH3 is 2. The average molecular weight is 316 g/mol. The van der Waals surface area contributed by atoms with Crippen molar-refractivity contribution < 1.29 is 14.3 Å². The number of nitrogens with zero attached hydrogens (tertiary/aromatic N) is 4. The minimum atomic E-state index is 0.114. The van der Waals surface area contributed by atoms with E-state index in [1.54, 1.807) is 21.1 Å². The Hall–Kier alpha value is -2.57. The molecular formula is C16H20N4O3. The highest BCUT2D eigenvalue weighted by Gasteiger charge is 2.22. The molecule has 1 aliphatic rings. The highest BCUT2D eigenvalue weighted by Crippen LogP contribution is 2.37. The summed E-state index contributed by atoms with van der Waals surface area (Å²) in [5.41, 5.74) is 0.728. The molecule has 0 aliphatic carbocycles. The van der Waals surface area contributed by atoms with Gasteiger partial charge in [-0.05, 0) is 12.1 Å². The van der Waals surface area contributed by atoms with Crippen LogP contribution < -0.4 is 14.4 Å². The fraction of sp³-hybridized carbons (Fsp3) is 0.438. The number of piperazine rings is 1. The molecule has 1 fully saturated rings. The Labute approximate surface area is 134 Å². The van der Waals surface area contributed by atoms with E-state index in [-0.39, 0.29) is 5.91 Å². The van der Waals surface area contributed by atoms with Crippen molar-refractivity contribution in [3.8, 4) is 11.5 Å². The van der Waals surface area contributed by atoms with E-state index >= 15 is 0 Å². The predicted molar refractivity (Wildman–Crippen MR) is 87.1 cm³/mol. The van der Waals surface area contributed by atoms with Gasteiger partial charge in [-0.3, -0.25) is 4.79 Å². The minimum Gasteiger partial charge on any atom is -0.493 e. The van der Waals surface area contributed by atoms with Crippen LogP contribution in [-0.4, -0.2) is 61.2 Å². The molecule has 7 nitrogen and oxygen atoms in total. The van der Waals surface area contributed by atoms with Crippen LogP contribution in [-0.2, 0) is 4.79 Å². The van der Waals surface area contributed by atoms with Crippen LogP contribution in [0.3, 0.4) is 0 Å². The van der Waals surface area contributed by atoms with Gasteiger partial charge in [-0.2, -0.15) is 0 Å². The maximum absolute atomic E-state index is 11.5. The molecule has 1 saturated heterocycles. The Kier molecular flexibility index (Phi) is 4.18. The average Bonchev–Trinajstić information content (AvgIpc) is 2.60. The number of benzene rings is 1. The summed E-state index contributed by atoms with van der Waals surface area (Å²) in [4.78, 5) is 24.3. The normalized spacial score (nSPS) is 14.9. The summed E-state index contributed by atoms with van der Waals surface area (Å²) >= 11 is 0. The second-order valence-corrected chi connectivity index (χ2v) is 5.39. The number of anilines is 1. The van der Waals surface area contributed by atoms with Crippen LogP contribution in [0.15, 0.2) is 18.5 Å². The van der Waals surface area contributed by atoms with Gasteiger partial charge in [-0.25, -0.2) is 9.97 Å². The van der Waals surface area contributed by atoms with E-state index in [4.69, 9.17) is 9.47 Å². The quantitative estimate of drug-likeness (QED) is 0.850. The number of carbonyl (C=O) groups is 1. The van der Waals surface area contributed by atoms with Crippen molar-refractivity contribution >= 4 is 22.6 Å². The number of carbonyl (C=O) groups excluding carboxylic acids is 1. The van der Waals surface area contributed by atoms with Gasteiger partial charge in [0.2, 0.25) is 5.91 Å². The van der Waals surface area contributed by atoms with Gasteiger partial charge in [0.05, 0.1) is 14.2 Å². The van der Waals surface area contributed by atoms with Gasteiger partial charge in [0.15, 0.2) is 11.5 Å². The first-order valence-electron chi connectivity index (χ1n) is 7.52. The Morgan fingerprint density at radius 1 is 1.09 bits per heavy atom. The molecule has 1 aliphatic heterocycles. The van der Waals surface area contributed by atoms with E-state index in [0.717, 1.165) is 29.8 Å². The lowest BCUT2D eigenvalue weighted by molar-refractivity contribution is -0.129. The van der Waals surface area contributed by atoms with Crippen LogP contribution in [0.4, 0.5) is 5.82 Å². The summed E-state index contributed by atoms with van der Waals surface area (Å²) in [5.74, 6) is 2.23. The fourth-order valence-corrected chi connectivity index (χ4v) is 2.92. The molecule has 0 atom stereocenters. The van der Waals surface area contributed by atoms with Crippen molar-refractivity contribution in [3.05, 3.63) is 18.5 Å². The molecule has 2 aromatic rings. The lowest BCUT2D eigenvalue weighted by Crippen LogP contribution is -2.48. The van der Waals surface area contributed by atoms with Gasteiger partial charge in [0.1, 0.15) is 17.7 Å². The van der Waals surface area contributed by atoms with Crippen molar-refractivity contribution in [1.29, 1.82) is 0 Å². The lowest BCUT2D eigenvalue weighted by Gasteiger charge is -2.35. The molecule has 1 aromatic carbocycles. The third kappa shape index (κ3) is 2.74. The van der Waals surface area contributed by atoms with Gasteiger partial charge in [-0.1, -0.05) is 0 Å². The molecule has 0 saturated carbocycles. The van der Waals surface area contributed by atoms with Crippen LogP contribution >= 0.6 is 0 Å². The smallest absolute Gasteiger partial charge is 0.219 e. The predicted octanol–water partition coefficient (Wildman–Crippen LogP) is 1.32. The maximum Gasteiger partial charge on any atom is 0.219 e. The zero-order valence-corrected chi connectivity index (χ0v) is 13.6. The second-order valence-electron chi connectivity index (χ2n) is 5.39. The van der Waals surface area contributed by atoms with Crippen LogP contribution in [0.2, 0.25) is 0 Å². The Balaban J connectivity index is 1.98. The second kappa shape index (κ2) is 6.28. The van der Waals surface area contributed by atoms with Crippen molar-refractivity contribution in [1.82, 2.24) is 14.9 Å². The molecule has 0 radical (unpaired) electrons. The van der Waals surface area contributed by atoms with E-state index in [9.17, 15) is 4.79 Å². The summed E-state index contributed by atoms with van der Waals surface area (Å²) in [6, 6.07) is 3.81. The van der Waals surface area contributed by atoms with E-state index in [2.05, 4.69) is 14.9 Å². The SMILES string of the molecule is COc1ccc2c(N3CCN(C(C)=O)CC3)ncnc2c1OC.